The Morgan fingerprint density at radius 2 is 2.09 bits per heavy atom. The Hall–Kier alpha value is -1.14. The van der Waals surface area contributed by atoms with E-state index < -0.39 is 0 Å². The van der Waals surface area contributed by atoms with Crippen molar-refractivity contribution in [2.24, 2.45) is 10.9 Å². The van der Waals surface area contributed by atoms with Gasteiger partial charge in [-0.1, -0.05) is 13.8 Å². The first-order valence-electron chi connectivity index (χ1n) is 8.81. The summed E-state index contributed by atoms with van der Waals surface area (Å²) in [5, 5.41) is 7.99. The predicted octanol–water partition coefficient (Wildman–Crippen LogP) is 2.14. The molecule has 130 valence electrons. The van der Waals surface area contributed by atoms with E-state index in [4.69, 9.17) is 0 Å². The van der Waals surface area contributed by atoms with Crippen LogP contribution in [0.25, 0.3) is 0 Å². The number of rotatable bonds is 7. The Kier molecular flexibility index (Phi) is 7.82. The van der Waals surface area contributed by atoms with Crippen LogP contribution in [0.15, 0.2) is 11.2 Å². The minimum Gasteiger partial charge on any atom is -0.356 e. The van der Waals surface area contributed by atoms with Crippen molar-refractivity contribution in [2.75, 3.05) is 39.8 Å². The quantitative estimate of drug-likeness (QED) is 0.591. The molecule has 1 aromatic heterocycles. The molecule has 1 saturated heterocycles. The molecule has 0 spiro atoms. The fourth-order valence-electron chi connectivity index (χ4n) is 2.75. The zero-order valence-electron chi connectivity index (χ0n) is 14.8. The lowest BCUT2D eigenvalue weighted by Gasteiger charge is -2.30. The summed E-state index contributed by atoms with van der Waals surface area (Å²) in [5.41, 5.74) is 0. The number of hydrogen-bond acceptors (Lipinski definition) is 4. The van der Waals surface area contributed by atoms with Crippen LogP contribution in [0.5, 0.6) is 0 Å². The van der Waals surface area contributed by atoms with Gasteiger partial charge in [-0.25, -0.2) is 4.98 Å². The molecule has 0 aromatic carbocycles. The number of thiazole rings is 1. The number of aliphatic imine (C=N–C) groups is 1. The van der Waals surface area contributed by atoms with Crippen molar-refractivity contribution in [3.05, 3.63) is 16.1 Å². The molecular formula is C17H31N5S. The van der Waals surface area contributed by atoms with E-state index in [1.54, 1.807) is 0 Å². The zero-order valence-corrected chi connectivity index (χ0v) is 15.6. The van der Waals surface area contributed by atoms with Crippen LogP contribution in [0.3, 0.4) is 0 Å². The Balaban J connectivity index is 1.59. The zero-order chi connectivity index (χ0) is 16.5. The highest BCUT2D eigenvalue weighted by Crippen LogP contribution is 2.15. The minimum absolute atomic E-state index is 0.873. The second-order valence-corrected chi connectivity index (χ2v) is 7.47. The highest BCUT2D eigenvalue weighted by molar-refractivity contribution is 7.11. The lowest BCUT2D eigenvalue weighted by Crippen LogP contribution is -2.43. The molecule has 0 unspecified atom stereocenters. The van der Waals surface area contributed by atoms with Gasteiger partial charge in [-0.3, -0.25) is 4.99 Å². The van der Waals surface area contributed by atoms with Crippen LogP contribution in [0, 0.1) is 5.92 Å². The summed E-state index contributed by atoms with van der Waals surface area (Å²) in [6.45, 7) is 9.91. The third-order valence-electron chi connectivity index (χ3n) is 4.40. The maximum Gasteiger partial charge on any atom is 0.191 e. The van der Waals surface area contributed by atoms with E-state index in [1.807, 2.05) is 24.6 Å². The Morgan fingerprint density at radius 3 is 2.74 bits per heavy atom. The second-order valence-electron chi connectivity index (χ2n) is 6.27. The lowest BCUT2D eigenvalue weighted by atomic mass is 9.99. The van der Waals surface area contributed by atoms with Gasteiger partial charge in [0.05, 0.1) is 5.01 Å². The topological polar surface area (TPSA) is 52.6 Å². The molecule has 2 N–H and O–H groups in total. The third-order valence-corrected chi connectivity index (χ3v) is 5.60. The molecule has 6 heteroatoms. The molecule has 0 aliphatic carbocycles. The van der Waals surface area contributed by atoms with Crippen LogP contribution >= 0.6 is 11.3 Å². The lowest BCUT2D eigenvalue weighted by molar-refractivity contribution is 0.195. The molecule has 0 bridgehead atoms. The summed E-state index contributed by atoms with van der Waals surface area (Å²) < 4.78 is 0. The Labute approximate surface area is 144 Å². The Bertz CT molecular complexity index is 477. The summed E-state index contributed by atoms with van der Waals surface area (Å²) in [7, 11) is 1.83. The van der Waals surface area contributed by atoms with Gasteiger partial charge in [0.1, 0.15) is 0 Å². The van der Waals surface area contributed by atoms with Crippen LogP contribution in [-0.4, -0.2) is 55.6 Å². The normalized spacial score (nSPS) is 17.4. The van der Waals surface area contributed by atoms with Crippen LogP contribution in [0.1, 0.15) is 36.6 Å². The number of nitrogens with zero attached hydrogens (tertiary/aromatic N) is 3. The van der Waals surface area contributed by atoms with Crippen molar-refractivity contribution >= 4 is 17.3 Å². The van der Waals surface area contributed by atoms with Gasteiger partial charge >= 0.3 is 0 Å². The molecule has 2 rings (SSSR count). The van der Waals surface area contributed by atoms with E-state index in [0.29, 0.717) is 0 Å². The maximum absolute atomic E-state index is 4.45. The molecule has 1 aromatic rings. The minimum atomic E-state index is 0.873. The van der Waals surface area contributed by atoms with Crippen molar-refractivity contribution in [3.63, 3.8) is 0 Å². The average molecular weight is 338 g/mol. The van der Waals surface area contributed by atoms with Gasteiger partial charge in [-0.2, -0.15) is 0 Å². The van der Waals surface area contributed by atoms with Gasteiger partial charge in [0.2, 0.25) is 0 Å². The monoisotopic (exact) mass is 337 g/mol. The number of hydrogen-bond donors (Lipinski definition) is 2. The molecule has 1 aliphatic heterocycles. The van der Waals surface area contributed by atoms with E-state index in [-0.39, 0.29) is 0 Å². The van der Waals surface area contributed by atoms with E-state index in [0.717, 1.165) is 44.4 Å². The second kappa shape index (κ2) is 9.88. The standard InChI is InChI=1S/C17H31N5S/c1-4-15-13-21-16(23-15)5-8-19-17(18-3)20-9-12-22-10-6-14(2)7-11-22/h13-14H,4-12H2,1-3H3,(H2,18,19,20). The number of aromatic nitrogens is 1. The summed E-state index contributed by atoms with van der Waals surface area (Å²) >= 11 is 1.81. The number of aryl methyl sites for hydroxylation is 1. The van der Waals surface area contributed by atoms with E-state index in [1.165, 1.54) is 35.8 Å². The summed E-state index contributed by atoms with van der Waals surface area (Å²) in [4.78, 5) is 12.6. The molecule has 0 radical (unpaired) electrons. The number of piperidine rings is 1. The van der Waals surface area contributed by atoms with Crippen LogP contribution < -0.4 is 10.6 Å². The van der Waals surface area contributed by atoms with Gasteiger partial charge in [0.15, 0.2) is 5.96 Å². The smallest absolute Gasteiger partial charge is 0.191 e. The van der Waals surface area contributed by atoms with Gasteiger partial charge in [-0.05, 0) is 38.3 Å². The number of likely N-dealkylation sites (tertiary alicyclic amines) is 1. The van der Waals surface area contributed by atoms with E-state index in [2.05, 4.69) is 39.4 Å². The van der Waals surface area contributed by atoms with Crippen LogP contribution in [-0.2, 0) is 12.8 Å². The SMILES string of the molecule is CCc1cnc(CCNC(=NC)NCCN2CCC(C)CC2)s1. The summed E-state index contributed by atoms with van der Waals surface area (Å²) in [6.07, 6.45) is 6.69. The van der Waals surface area contributed by atoms with Crippen molar-refractivity contribution < 1.29 is 0 Å². The maximum atomic E-state index is 4.45. The molecule has 23 heavy (non-hydrogen) atoms. The molecule has 1 fully saturated rings. The van der Waals surface area contributed by atoms with Gasteiger partial charge < -0.3 is 15.5 Å². The molecule has 1 aliphatic rings. The van der Waals surface area contributed by atoms with Crippen molar-refractivity contribution in [2.45, 2.75) is 39.5 Å². The van der Waals surface area contributed by atoms with Gasteiger partial charge in [0, 0.05) is 44.2 Å². The first-order valence-corrected chi connectivity index (χ1v) is 9.63. The predicted molar refractivity (Wildman–Crippen MR) is 99.4 cm³/mol. The van der Waals surface area contributed by atoms with Crippen molar-refractivity contribution in [1.29, 1.82) is 0 Å². The van der Waals surface area contributed by atoms with E-state index in [9.17, 15) is 0 Å². The number of nitrogens with one attached hydrogen (secondary N) is 2. The van der Waals surface area contributed by atoms with Crippen LogP contribution in [0.2, 0.25) is 0 Å². The number of guanidine groups is 1. The molecular weight excluding hydrogens is 306 g/mol. The first-order chi connectivity index (χ1) is 11.2. The largest absolute Gasteiger partial charge is 0.356 e. The van der Waals surface area contributed by atoms with Crippen molar-refractivity contribution in [1.82, 2.24) is 20.5 Å². The molecule has 0 saturated carbocycles. The molecule has 0 atom stereocenters. The summed E-state index contributed by atoms with van der Waals surface area (Å²) in [5.74, 6) is 1.79. The highest BCUT2D eigenvalue weighted by atomic mass is 32.1. The molecule has 0 amide bonds. The average Bonchev–Trinajstić information content (AvgIpc) is 3.03. The van der Waals surface area contributed by atoms with Gasteiger partial charge in [0.25, 0.3) is 0 Å². The summed E-state index contributed by atoms with van der Waals surface area (Å²) in [6, 6.07) is 0. The third kappa shape index (κ3) is 6.47. The highest BCUT2D eigenvalue weighted by Gasteiger charge is 2.14. The van der Waals surface area contributed by atoms with Crippen molar-refractivity contribution in [3.8, 4) is 0 Å². The fraction of sp³-hybridized carbons (Fsp3) is 0.765. The first kappa shape index (κ1) is 18.2. The Morgan fingerprint density at radius 1 is 1.35 bits per heavy atom. The van der Waals surface area contributed by atoms with Gasteiger partial charge in [-0.15, -0.1) is 11.3 Å². The molecule has 2 heterocycles. The van der Waals surface area contributed by atoms with Crippen LogP contribution in [0.4, 0.5) is 0 Å². The van der Waals surface area contributed by atoms with E-state index >= 15 is 0 Å². The fourth-order valence-corrected chi connectivity index (χ4v) is 3.62. The molecule has 5 nitrogen and oxygen atoms in total.